The van der Waals surface area contributed by atoms with Crippen LogP contribution in [0.3, 0.4) is 0 Å². The Labute approximate surface area is 235 Å². The minimum Gasteiger partial charge on any atom is -0.478 e. The second kappa shape index (κ2) is 11.6. The predicted octanol–water partition coefficient (Wildman–Crippen LogP) is 2.42. The molecule has 210 valence electrons. The first-order valence-corrected chi connectivity index (χ1v) is 13.0. The van der Waals surface area contributed by atoms with Crippen LogP contribution in [0.1, 0.15) is 27.0 Å². The molecule has 2 heterocycles. The van der Waals surface area contributed by atoms with Crippen LogP contribution < -0.4 is 5.32 Å². The SMILES string of the molecule is O=C(Cc1ccccc1C(=O)OCc1ccccc1)N[C@]1(C(=O)O)/C(=C/CO)O[C@@H]2C(Cc3ccccc3)C(=O)N21. The minimum absolute atomic E-state index is 0.0393. The number of nitrogens with one attached hydrogen (secondary N) is 1. The molecule has 3 N–H and O–H groups in total. The number of carboxylic acid groups (broad SMARTS) is 1. The van der Waals surface area contributed by atoms with Crippen LogP contribution in [-0.4, -0.2) is 57.4 Å². The van der Waals surface area contributed by atoms with Crippen molar-refractivity contribution in [3.63, 3.8) is 0 Å². The Bertz CT molecular complexity index is 1490. The summed E-state index contributed by atoms with van der Waals surface area (Å²) in [6.07, 6.45) is 0.110. The number of aliphatic hydroxyl groups excluding tert-OH is 1. The number of nitrogens with zero attached hydrogens (tertiary/aromatic N) is 1. The quantitative estimate of drug-likeness (QED) is 0.255. The molecular weight excluding hydrogens is 528 g/mol. The number of amides is 2. The fourth-order valence-electron chi connectivity index (χ4n) is 5.16. The predicted molar refractivity (Wildman–Crippen MR) is 145 cm³/mol. The lowest BCUT2D eigenvalue weighted by molar-refractivity contribution is -0.185. The minimum atomic E-state index is -2.35. The maximum atomic E-state index is 13.3. The van der Waals surface area contributed by atoms with Crippen molar-refractivity contribution in [2.45, 2.75) is 31.3 Å². The number of carboxylic acids is 1. The van der Waals surface area contributed by atoms with E-state index in [1.54, 1.807) is 18.2 Å². The summed E-state index contributed by atoms with van der Waals surface area (Å²) in [4.78, 5) is 53.1. The number of rotatable bonds is 10. The maximum Gasteiger partial charge on any atom is 0.359 e. The number of aliphatic carboxylic acids is 1. The third-order valence-corrected chi connectivity index (χ3v) is 7.12. The van der Waals surface area contributed by atoms with E-state index in [2.05, 4.69) is 5.32 Å². The van der Waals surface area contributed by atoms with Crippen LogP contribution in [0.4, 0.5) is 0 Å². The zero-order chi connectivity index (χ0) is 29.0. The van der Waals surface area contributed by atoms with Gasteiger partial charge in [-0.05, 0) is 35.3 Å². The van der Waals surface area contributed by atoms with Gasteiger partial charge in [-0.1, -0.05) is 78.9 Å². The largest absolute Gasteiger partial charge is 0.478 e. The highest BCUT2D eigenvalue weighted by atomic mass is 16.5. The molecule has 41 heavy (non-hydrogen) atoms. The highest BCUT2D eigenvalue weighted by molar-refractivity contribution is 5.99. The van der Waals surface area contributed by atoms with Gasteiger partial charge in [0, 0.05) is 0 Å². The molecule has 3 aromatic rings. The van der Waals surface area contributed by atoms with Gasteiger partial charge in [-0.3, -0.25) is 14.5 Å². The van der Waals surface area contributed by atoms with Crippen LogP contribution in [-0.2, 0) is 43.3 Å². The number of esters is 1. The van der Waals surface area contributed by atoms with Crippen molar-refractivity contribution in [2.75, 3.05) is 6.61 Å². The van der Waals surface area contributed by atoms with E-state index in [0.717, 1.165) is 22.1 Å². The molecule has 2 saturated heterocycles. The smallest absolute Gasteiger partial charge is 0.359 e. The van der Waals surface area contributed by atoms with Crippen LogP contribution in [0, 0.1) is 5.92 Å². The number of hydrogen-bond acceptors (Lipinski definition) is 7. The van der Waals surface area contributed by atoms with Crippen LogP contribution in [0.2, 0.25) is 0 Å². The summed E-state index contributed by atoms with van der Waals surface area (Å²) in [6, 6.07) is 24.7. The molecule has 0 radical (unpaired) electrons. The molecule has 2 aliphatic heterocycles. The molecule has 2 aliphatic rings. The topological polar surface area (TPSA) is 142 Å². The molecule has 10 heteroatoms. The number of ether oxygens (including phenoxy) is 2. The second-order valence-corrected chi connectivity index (χ2v) is 9.72. The van der Waals surface area contributed by atoms with Crippen LogP contribution >= 0.6 is 0 Å². The van der Waals surface area contributed by atoms with Crippen molar-refractivity contribution in [2.24, 2.45) is 5.92 Å². The zero-order valence-corrected chi connectivity index (χ0v) is 21.9. The Morgan fingerprint density at radius 2 is 1.59 bits per heavy atom. The average Bonchev–Trinajstić information content (AvgIpc) is 3.27. The third kappa shape index (κ3) is 5.29. The normalized spacial score (nSPS) is 21.9. The first-order valence-electron chi connectivity index (χ1n) is 13.0. The molecule has 5 rings (SSSR count). The van der Waals surface area contributed by atoms with Crippen LogP contribution in [0.5, 0.6) is 0 Å². The molecule has 0 saturated carbocycles. The van der Waals surface area contributed by atoms with Crippen molar-refractivity contribution in [3.8, 4) is 0 Å². The Balaban J connectivity index is 1.35. The van der Waals surface area contributed by atoms with Crippen molar-refractivity contribution in [1.29, 1.82) is 0 Å². The number of carbonyl (C=O) groups excluding carboxylic acids is 3. The fourth-order valence-corrected chi connectivity index (χ4v) is 5.16. The lowest BCUT2D eigenvalue weighted by atomic mass is 9.86. The number of fused-ring (bicyclic) bond motifs is 1. The van der Waals surface area contributed by atoms with Crippen molar-refractivity contribution in [3.05, 3.63) is 119 Å². The monoisotopic (exact) mass is 556 g/mol. The molecule has 0 aliphatic carbocycles. The summed E-state index contributed by atoms with van der Waals surface area (Å²) in [7, 11) is 0. The van der Waals surface area contributed by atoms with Gasteiger partial charge in [0.2, 0.25) is 11.8 Å². The highest BCUT2D eigenvalue weighted by Gasteiger charge is 2.69. The van der Waals surface area contributed by atoms with E-state index >= 15 is 0 Å². The van der Waals surface area contributed by atoms with E-state index < -0.39 is 48.2 Å². The summed E-state index contributed by atoms with van der Waals surface area (Å²) in [5.74, 6) is -4.40. The summed E-state index contributed by atoms with van der Waals surface area (Å²) in [6.45, 7) is -0.536. The van der Waals surface area contributed by atoms with E-state index in [-0.39, 0.29) is 24.4 Å². The molecule has 0 spiro atoms. The third-order valence-electron chi connectivity index (χ3n) is 7.12. The van der Waals surface area contributed by atoms with Crippen LogP contribution in [0.15, 0.2) is 96.8 Å². The Morgan fingerprint density at radius 3 is 2.24 bits per heavy atom. The van der Waals surface area contributed by atoms with Crippen molar-refractivity contribution < 1.29 is 38.9 Å². The lowest BCUT2D eigenvalue weighted by Gasteiger charge is -2.45. The maximum absolute atomic E-state index is 13.3. The molecule has 3 atom stereocenters. The Hall–Kier alpha value is -4.96. The van der Waals surface area contributed by atoms with Gasteiger partial charge in [0.25, 0.3) is 5.66 Å². The van der Waals surface area contributed by atoms with Gasteiger partial charge in [0.1, 0.15) is 6.61 Å². The van der Waals surface area contributed by atoms with Gasteiger partial charge in [-0.15, -0.1) is 0 Å². The summed E-state index contributed by atoms with van der Waals surface area (Å²) in [5.41, 5.74) is -0.226. The molecule has 10 nitrogen and oxygen atoms in total. The first kappa shape index (κ1) is 27.6. The number of benzene rings is 3. The van der Waals surface area contributed by atoms with E-state index in [4.69, 9.17) is 9.47 Å². The fraction of sp³-hybridized carbons (Fsp3) is 0.226. The van der Waals surface area contributed by atoms with E-state index in [1.807, 2.05) is 60.7 Å². The summed E-state index contributed by atoms with van der Waals surface area (Å²) >= 11 is 0. The molecular formula is C31H28N2O8. The number of aliphatic hydroxyl groups is 1. The van der Waals surface area contributed by atoms with Gasteiger partial charge in [0.05, 0.1) is 24.5 Å². The Morgan fingerprint density at radius 1 is 0.951 bits per heavy atom. The zero-order valence-electron chi connectivity index (χ0n) is 21.9. The molecule has 3 aromatic carbocycles. The summed E-state index contributed by atoms with van der Waals surface area (Å²) in [5, 5.41) is 22.4. The molecule has 1 unspecified atom stereocenters. The van der Waals surface area contributed by atoms with Gasteiger partial charge in [-0.25, -0.2) is 9.59 Å². The number of carbonyl (C=O) groups is 4. The molecule has 0 aromatic heterocycles. The van der Waals surface area contributed by atoms with E-state index in [0.29, 0.717) is 12.0 Å². The number of hydrogen-bond donors (Lipinski definition) is 3. The van der Waals surface area contributed by atoms with E-state index in [1.165, 1.54) is 6.07 Å². The van der Waals surface area contributed by atoms with Crippen LogP contribution in [0.25, 0.3) is 0 Å². The van der Waals surface area contributed by atoms with Gasteiger partial charge in [0.15, 0.2) is 12.0 Å². The highest BCUT2D eigenvalue weighted by Crippen LogP contribution is 2.47. The Kier molecular flexibility index (Phi) is 7.84. The second-order valence-electron chi connectivity index (χ2n) is 9.72. The van der Waals surface area contributed by atoms with Gasteiger partial charge < -0.3 is 25.0 Å². The van der Waals surface area contributed by atoms with E-state index in [9.17, 15) is 29.4 Å². The standard InChI is InChI=1S/C31H28N2O8/c34-16-15-25-31(30(38)39,33-27(36)24(28(33)41-25)17-20-9-3-1-4-10-20)32-26(35)18-22-13-7-8-14-23(22)29(37)40-19-21-11-5-2-6-12-21/h1-15,24,28,34H,16-19H2,(H,32,35)(H,38,39)/b25-15-/t24?,28-,31-/m1/s1. The van der Waals surface area contributed by atoms with Crippen molar-refractivity contribution in [1.82, 2.24) is 10.2 Å². The van der Waals surface area contributed by atoms with Gasteiger partial charge in [-0.2, -0.15) is 0 Å². The number of β-lactam (4-membered cyclic amide) rings is 1. The van der Waals surface area contributed by atoms with Gasteiger partial charge >= 0.3 is 11.9 Å². The molecule has 2 amide bonds. The van der Waals surface area contributed by atoms with Crippen molar-refractivity contribution >= 4 is 23.8 Å². The molecule has 0 bridgehead atoms. The average molecular weight is 557 g/mol. The molecule has 2 fully saturated rings. The first-order chi connectivity index (χ1) is 19.8. The summed E-state index contributed by atoms with van der Waals surface area (Å²) < 4.78 is 11.3. The lowest BCUT2D eigenvalue weighted by Crippen LogP contribution is -2.73.